The Hall–Kier alpha value is -4.08. The van der Waals surface area contributed by atoms with Crippen molar-refractivity contribution in [3.8, 4) is 5.75 Å². The topological polar surface area (TPSA) is 127 Å². The summed E-state index contributed by atoms with van der Waals surface area (Å²) in [6.07, 6.45) is 2.89. The average Bonchev–Trinajstić information content (AvgIpc) is 3.63. The summed E-state index contributed by atoms with van der Waals surface area (Å²) >= 11 is 0. The first-order chi connectivity index (χ1) is 17.3. The van der Waals surface area contributed by atoms with Crippen LogP contribution in [0.5, 0.6) is 5.75 Å². The molecule has 10 heteroatoms. The lowest BCUT2D eigenvalue weighted by Crippen LogP contribution is -2.32. The van der Waals surface area contributed by atoms with Crippen LogP contribution in [0.4, 0.5) is 17.1 Å². The molecule has 3 amide bonds. The van der Waals surface area contributed by atoms with E-state index in [1.165, 1.54) is 40.1 Å². The third-order valence-electron chi connectivity index (χ3n) is 8.05. The van der Waals surface area contributed by atoms with Gasteiger partial charge in [-0.2, -0.15) is 0 Å². The Morgan fingerprint density at radius 3 is 2.25 bits per heavy atom. The molecule has 0 spiro atoms. The van der Waals surface area contributed by atoms with E-state index >= 15 is 0 Å². The Balaban J connectivity index is 1.15. The Kier molecular flexibility index (Phi) is 5.13. The standard InChI is InChI=1S/C26H23N3O7/c30-21-11-16(13-27(21)17-6-8-18(9-7-17)29(34)35)26(33)36-20-3-1-2-19(12-20)28-24(31)22-14-4-5-15(10-14)23(22)25(28)32/h1-3,6-9,12,14-16,22-23H,4-5,10-11,13H2/t14-,15-,16+,22+,23+/m0/s1. The lowest BCUT2D eigenvalue weighted by atomic mass is 9.81. The van der Waals surface area contributed by atoms with E-state index in [4.69, 9.17) is 4.74 Å². The van der Waals surface area contributed by atoms with Gasteiger partial charge in [-0.05, 0) is 55.4 Å². The van der Waals surface area contributed by atoms with Gasteiger partial charge in [0.15, 0.2) is 0 Å². The van der Waals surface area contributed by atoms with Crippen molar-refractivity contribution < 1.29 is 28.8 Å². The molecular weight excluding hydrogens is 466 g/mol. The highest BCUT2D eigenvalue weighted by molar-refractivity contribution is 6.22. The quantitative estimate of drug-likeness (QED) is 0.208. The highest BCUT2D eigenvalue weighted by Gasteiger charge is 2.61. The zero-order valence-electron chi connectivity index (χ0n) is 19.2. The predicted molar refractivity (Wildman–Crippen MR) is 126 cm³/mol. The average molecular weight is 489 g/mol. The van der Waals surface area contributed by atoms with E-state index in [0.29, 0.717) is 11.4 Å². The highest BCUT2D eigenvalue weighted by atomic mass is 16.6. The molecule has 4 fully saturated rings. The van der Waals surface area contributed by atoms with Gasteiger partial charge in [0.25, 0.3) is 5.69 Å². The summed E-state index contributed by atoms with van der Waals surface area (Å²) in [6, 6.07) is 11.9. The van der Waals surface area contributed by atoms with E-state index in [1.807, 2.05) is 0 Å². The molecule has 6 rings (SSSR count). The summed E-state index contributed by atoms with van der Waals surface area (Å²) in [5.74, 6) is -1.66. The molecule has 2 saturated carbocycles. The molecule has 2 aromatic carbocycles. The Labute approximate surface area is 206 Å². The molecule has 0 unspecified atom stereocenters. The molecule has 2 saturated heterocycles. The summed E-state index contributed by atoms with van der Waals surface area (Å²) in [5.41, 5.74) is 0.764. The number of nitrogens with zero attached hydrogens (tertiary/aromatic N) is 3. The van der Waals surface area contributed by atoms with E-state index in [2.05, 4.69) is 0 Å². The summed E-state index contributed by atoms with van der Waals surface area (Å²) in [4.78, 5) is 64.6. The largest absolute Gasteiger partial charge is 0.426 e. The molecule has 184 valence electrons. The van der Waals surface area contributed by atoms with Crippen LogP contribution >= 0.6 is 0 Å². The maximum atomic E-state index is 13.1. The SMILES string of the molecule is O=C(Oc1cccc(N2C(=O)[C@@H]3[C@H]4CC[C@@H](C4)[C@H]3C2=O)c1)[C@@H]1CC(=O)N(c2ccc([N+](=O)[O-])cc2)C1. The van der Waals surface area contributed by atoms with E-state index in [1.54, 1.807) is 18.2 Å². The monoisotopic (exact) mass is 489 g/mol. The van der Waals surface area contributed by atoms with Gasteiger partial charge < -0.3 is 9.64 Å². The van der Waals surface area contributed by atoms with Crippen LogP contribution in [0.25, 0.3) is 0 Å². The van der Waals surface area contributed by atoms with Crippen molar-refractivity contribution in [1.82, 2.24) is 0 Å². The maximum absolute atomic E-state index is 13.1. The van der Waals surface area contributed by atoms with Crippen LogP contribution in [-0.2, 0) is 19.2 Å². The summed E-state index contributed by atoms with van der Waals surface area (Å²) in [7, 11) is 0. The minimum Gasteiger partial charge on any atom is -0.426 e. The highest BCUT2D eigenvalue weighted by Crippen LogP contribution is 2.56. The van der Waals surface area contributed by atoms with Crippen LogP contribution in [0.15, 0.2) is 48.5 Å². The van der Waals surface area contributed by atoms with Crippen LogP contribution in [0, 0.1) is 39.7 Å². The smallest absolute Gasteiger partial charge is 0.316 e. The van der Waals surface area contributed by atoms with Crippen LogP contribution in [0.1, 0.15) is 25.7 Å². The van der Waals surface area contributed by atoms with Crippen LogP contribution in [0.2, 0.25) is 0 Å². The van der Waals surface area contributed by atoms with Gasteiger partial charge in [-0.25, -0.2) is 4.90 Å². The van der Waals surface area contributed by atoms with E-state index in [0.717, 1.165) is 19.3 Å². The molecule has 2 aromatic rings. The van der Waals surface area contributed by atoms with Gasteiger partial charge in [0.05, 0.1) is 28.4 Å². The number of carbonyl (C=O) groups excluding carboxylic acids is 4. The molecular formula is C26H23N3O7. The molecule has 2 aliphatic carbocycles. The number of hydrogen-bond acceptors (Lipinski definition) is 7. The first kappa shape index (κ1) is 22.4. The number of carbonyl (C=O) groups is 4. The Morgan fingerprint density at radius 1 is 0.944 bits per heavy atom. The van der Waals surface area contributed by atoms with Gasteiger partial charge in [0, 0.05) is 36.9 Å². The summed E-state index contributed by atoms with van der Waals surface area (Å²) in [5, 5.41) is 10.9. The molecule has 0 aromatic heterocycles. The molecule has 0 radical (unpaired) electrons. The number of non-ortho nitro benzene ring substituents is 1. The van der Waals surface area contributed by atoms with Gasteiger partial charge in [-0.1, -0.05) is 6.07 Å². The minimum absolute atomic E-state index is 0.0508. The zero-order valence-corrected chi connectivity index (χ0v) is 19.2. The normalized spacial score (nSPS) is 28.7. The number of amides is 3. The number of anilines is 2. The number of rotatable bonds is 5. The van der Waals surface area contributed by atoms with Gasteiger partial charge >= 0.3 is 5.97 Å². The van der Waals surface area contributed by atoms with Crippen LogP contribution < -0.4 is 14.5 Å². The Morgan fingerprint density at radius 2 is 1.61 bits per heavy atom. The number of esters is 1. The summed E-state index contributed by atoms with van der Waals surface area (Å²) < 4.78 is 5.54. The molecule has 2 heterocycles. The molecule has 2 bridgehead atoms. The van der Waals surface area contributed by atoms with Gasteiger partial charge in [0.1, 0.15) is 5.75 Å². The fourth-order valence-corrected chi connectivity index (χ4v) is 6.42. The number of hydrogen-bond donors (Lipinski definition) is 0. The number of fused-ring (bicyclic) bond motifs is 5. The second-order valence-corrected chi connectivity index (χ2v) is 9.99. The molecule has 0 N–H and O–H groups in total. The zero-order chi connectivity index (χ0) is 25.1. The number of benzene rings is 2. The lowest BCUT2D eigenvalue weighted by molar-refractivity contribution is -0.384. The molecule has 5 atom stereocenters. The van der Waals surface area contributed by atoms with Crippen molar-refractivity contribution in [2.75, 3.05) is 16.3 Å². The van der Waals surface area contributed by atoms with E-state index in [9.17, 15) is 29.3 Å². The van der Waals surface area contributed by atoms with Crippen molar-refractivity contribution >= 4 is 40.8 Å². The third kappa shape index (κ3) is 3.47. The van der Waals surface area contributed by atoms with Gasteiger partial charge in [0.2, 0.25) is 17.7 Å². The maximum Gasteiger partial charge on any atom is 0.316 e. The van der Waals surface area contributed by atoms with Crippen molar-refractivity contribution in [3.05, 3.63) is 58.6 Å². The van der Waals surface area contributed by atoms with E-state index < -0.39 is 16.8 Å². The van der Waals surface area contributed by atoms with Crippen LogP contribution in [-0.4, -0.2) is 35.2 Å². The van der Waals surface area contributed by atoms with Gasteiger partial charge in [-0.3, -0.25) is 29.3 Å². The lowest BCUT2D eigenvalue weighted by Gasteiger charge is -2.19. The van der Waals surface area contributed by atoms with Crippen molar-refractivity contribution in [2.24, 2.45) is 29.6 Å². The van der Waals surface area contributed by atoms with Gasteiger partial charge in [-0.15, -0.1) is 0 Å². The molecule has 36 heavy (non-hydrogen) atoms. The number of nitro benzene ring substituents is 1. The fourth-order valence-electron chi connectivity index (χ4n) is 6.42. The second kappa shape index (κ2) is 8.25. The number of nitro groups is 1. The second-order valence-electron chi connectivity index (χ2n) is 9.99. The van der Waals surface area contributed by atoms with Crippen molar-refractivity contribution in [2.45, 2.75) is 25.7 Å². The molecule has 10 nitrogen and oxygen atoms in total. The number of imide groups is 1. The fraction of sp³-hybridized carbons (Fsp3) is 0.385. The first-order valence-corrected chi connectivity index (χ1v) is 12.1. The van der Waals surface area contributed by atoms with Crippen LogP contribution in [0.3, 0.4) is 0 Å². The van der Waals surface area contributed by atoms with E-state index in [-0.39, 0.29) is 65.8 Å². The first-order valence-electron chi connectivity index (χ1n) is 12.1. The van der Waals surface area contributed by atoms with Crippen molar-refractivity contribution in [3.63, 3.8) is 0 Å². The Bertz CT molecular complexity index is 1280. The minimum atomic E-state index is -0.721. The molecule has 2 aliphatic heterocycles. The van der Waals surface area contributed by atoms with Crippen molar-refractivity contribution in [1.29, 1.82) is 0 Å². The predicted octanol–water partition coefficient (Wildman–Crippen LogP) is 3.09. The number of ether oxygens (including phenoxy) is 1. The third-order valence-corrected chi connectivity index (χ3v) is 8.05. The molecule has 4 aliphatic rings. The summed E-state index contributed by atoms with van der Waals surface area (Å²) in [6.45, 7) is 0.0877.